The molecule has 0 saturated carbocycles. The minimum Gasteiger partial charge on any atom is -0.406 e. The van der Waals surface area contributed by atoms with E-state index in [1.165, 1.54) is 25.7 Å². The Bertz CT molecular complexity index is 385. The van der Waals surface area contributed by atoms with Gasteiger partial charge in [-0.15, -0.1) is 5.10 Å². The monoisotopic (exact) mass is 280 g/mol. The predicted molar refractivity (Wildman–Crippen MR) is 80.9 cm³/mol. The van der Waals surface area contributed by atoms with Crippen molar-refractivity contribution in [1.29, 1.82) is 0 Å². The minimum atomic E-state index is 0.133. The van der Waals surface area contributed by atoms with E-state index < -0.39 is 0 Å². The highest BCUT2D eigenvalue weighted by Gasteiger charge is 2.23. The highest BCUT2D eigenvalue weighted by molar-refractivity contribution is 5.25. The minimum absolute atomic E-state index is 0.133. The van der Waals surface area contributed by atoms with E-state index in [0.717, 1.165) is 32.0 Å². The second-order valence-corrected chi connectivity index (χ2v) is 5.82. The molecule has 0 bridgehead atoms. The fourth-order valence-corrected chi connectivity index (χ4v) is 2.80. The van der Waals surface area contributed by atoms with Crippen molar-refractivity contribution in [2.24, 2.45) is 5.92 Å². The number of aromatic nitrogens is 2. The normalized spacial score (nSPS) is 18.4. The molecule has 5 heteroatoms. The van der Waals surface area contributed by atoms with E-state index in [1.807, 2.05) is 0 Å². The van der Waals surface area contributed by atoms with Crippen LogP contribution in [-0.2, 0) is 0 Å². The van der Waals surface area contributed by atoms with Gasteiger partial charge in [-0.1, -0.05) is 31.8 Å². The maximum atomic E-state index is 5.82. The molecule has 2 heterocycles. The molecule has 1 unspecified atom stereocenters. The molecule has 0 aliphatic carbocycles. The quantitative estimate of drug-likeness (QED) is 0.831. The summed E-state index contributed by atoms with van der Waals surface area (Å²) in [4.78, 5) is 2.23. The van der Waals surface area contributed by atoms with Gasteiger partial charge in [-0.2, -0.15) is 0 Å². The fraction of sp³-hybridized carbons (Fsp3) is 0.867. The predicted octanol–water partition coefficient (Wildman–Crippen LogP) is 3.15. The maximum absolute atomic E-state index is 5.82. The van der Waals surface area contributed by atoms with Crippen LogP contribution in [0.5, 0.6) is 0 Å². The zero-order valence-corrected chi connectivity index (χ0v) is 13.1. The number of nitrogens with one attached hydrogen (secondary N) is 1. The van der Waals surface area contributed by atoms with Crippen LogP contribution in [0.1, 0.15) is 64.8 Å². The van der Waals surface area contributed by atoms with Gasteiger partial charge in [0.1, 0.15) is 0 Å². The van der Waals surface area contributed by atoms with Gasteiger partial charge in [-0.25, -0.2) is 0 Å². The molecule has 0 amide bonds. The van der Waals surface area contributed by atoms with Crippen molar-refractivity contribution < 1.29 is 4.42 Å². The Morgan fingerprint density at radius 1 is 1.25 bits per heavy atom. The van der Waals surface area contributed by atoms with Crippen molar-refractivity contribution in [2.75, 3.05) is 24.5 Å². The molecule has 1 aromatic rings. The lowest BCUT2D eigenvalue weighted by Gasteiger charge is -2.30. The molecule has 0 aromatic carbocycles. The highest BCUT2D eigenvalue weighted by Crippen LogP contribution is 2.26. The summed E-state index contributed by atoms with van der Waals surface area (Å²) in [5.41, 5.74) is 0. The summed E-state index contributed by atoms with van der Waals surface area (Å²) >= 11 is 0. The van der Waals surface area contributed by atoms with Gasteiger partial charge in [0, 0.05) is 13.1 Å². The second kappa shape index (κ2) is 7.62. The van der Waals surface area contributed by atoms with E-state index in [9.17, 15) is 0 Å². The summed E-state index contributed by atoms with van der Waals surface area (Å²) in [5.74, 6) is 1.58. The Morgan fingerprint density at radius 3 is 2.65 bits per heavy atom. The lowest BCUT2D eigenvalue weighted by atomic mass is 9.93. The Labute approximate surface area is 122 Å². The van der Waals surface area contributed by atoms with Crippen molar-refractivity contribution in [1.82, 2.24) is 15.5 Å². The van der Waals surface area contributed by atoms with Crippen LogP contribution in [-0.4, -0.2) is 29.8 Å². The molecule has 1 aromatic heterocycles. The Balaban J connectivity index is 1.86. The van der Waals surface area contributed by atoms with Crippen LogP contribution in [0.2, 0.25) is 0 Å². The molecule has 1 atom stereocenters. The van der Waals surface area contributed by atoms with Crippen molar-refractivity contribution in [2.45, 2.75) is 58.9 Å². The first-order chi connectivity index (χ1) is 9.74. The second-order valence-electron chi connectivity index (χ2n) is 5.82. The lowest BCUT2D eigenvalue weighted by molar-refractivity contribution is 0.356. The van der Waals surface area contributed by atoms with E-state index in [2.05, 4.69) is 41.2 Å². The number of hydrogen-bond donors (Lipinski definition) is 1. The zero-order valence-electron chi connectivity index (χ0n) is 13.1. The van der Waals surface area contributed by atoms with E-state index in [4.69, 9.17) is 4.42 Å². The van der Waals surface area contributed by atoms with Crippen LogP contribution in [0, 0.1) is 5.92 Å². The Kier molecular flexibility index (Phi) is 5.83. The molecule has 0 radical (unpaired) electrons. The Morgan fingerprint density at radius 2 is 2.00 bits per heavy atom. The van der Waals surface area contributed by atoms with Crippen LogP contribution in [0.25, 0.3) is 0 Å². The first kappa shape index (κ1) is 15.3. The first-order valence-corrected chi connectivity index (χ1v) is 8.06. The molecule has 5 nitrogen and oxygen atoms in total. The van der Waals surface area contributed by atoms with Crippen molar-refractivity contribution in [3.05, 3.63) is 5.89 Å². The maximum Gasteiger partial charge on any atom is 0.318 e. The smallest absolute Gasteiger partial charge is 0.318 e. The number of nitrogens with zero attached hydrogens (tertiary/aromatic N) is 3. The fourth-order valence-electron chi connectivity index (χ4n) is 2.80. The molecule has 1 aliphatic rings. The van der Waals surface area contributed by atoms with Gasteiger partial charge in [-0.3, -0.25) is 0 Å². The zero-order chi connectivity index (χ0) is 14.4. The number of hydrogen-bond acceptors (Lipinski definition) is 5. The van der Waals surface area contributed by atoms with Crippen LogP contribution in [0.4, 0.5) is 6.01 Å². The third kappa shape index (κ3) is 3.95. The molecule has 0 spiro atoms. The van der Waals surface area contributed by atoms with Gasteiger partial charge >= 0.3 is 6.01 Å². The standard InChI is InChI=1S/C15H28N4O/c1-4-6-13-7-10-19(11-8-13)15-18-17-14(20-15)12(3)16-9-5-2/h12-13,16H,4-11H2,1-3H3. The molecule has 1 aliphatic heterocycles. The van der Waals surface area contributed by atoms with Crippen LogP contribution < -0.4 is 10.2 Å². The number of rotatable bonds is 7. The molecule has 1 N–H and O–H groups in total. The van der Waals surface area contributed by atoms with Crippen LogP contribution in [0.3, 0.4) is 0 Å². The van der Waals surface area contributed by atoms with Crippen molar-refractivity contribution >= 4 is 6.01 Å². The molecule has 2 rings (SSSR count). The molecule has 20 heavy (non-hydrogen) atoms. The molecular weight excluding hydrogens is 252 g/mol. The van der Waals surface area contributed by atoms with Gasteiger partial charge in [0.2, 0.25) is 5.89 Å². The van der Waals surface area contributed by atoms with Gasteiger partial charge in [0.25, 0.3) is 0 Å². The third-order valence-electron chi connectivity index (χ3n) is 4.08. The van der Waals surface area contributed by atoms with Crippen molar-refractivity contribution in [3.63, 3.8) is 0 Å². The summed E-state index contributed by atoms with van der Waals surface area (Å²) in [7, 11) is 0. The third-order valence-corrected chi connectivity index (χ3v) is 4.08. The summed E-state index contributed by atoms with van der Waals surface area (Å²) in [6, 6.07) is 0.828. The topological polar surface area (TPSA) is 54.2 Å². The van der Waals surface area contributed by atoms with Gasteiger partial charge in [-0.05, 0) is 38.6 Å². The molecule has 1 fully saturated rings. The summed E-state index contributed by atoms with van der Waals surface area (Å²) < 4.78 is 5.82. The van der Waals surface area contributed by atoms with E-state index in [0.29, 0.717) is 11.9 Å². The molecule has 114 valence electrons. The average molecular weight is 280 g/mol. The van der Waals surface area contributed by atoms with E-state index >= 15 is 0 Å². The largest absolute Gasteiger partial charge is 0.406 e. The first-order valence-electron chi connectivity index (χ1n) is 8.06. The van der Waals surface area contributed by atoms with Crippen LogP contribution >= 0.6 is 0 Å². The average Bonchev–Trinajstić information content (AvgIpc) is 2.96. The summed E-state index contributed by atoms with van der Waals surface area (Å²) in [6.45, 7) is 9.55. The SMILES string of the molecule is CCCNC(C)c1nnc(N2CCC(CCC)CC2)o1. The lowest BCUT2D eigenvalue weighted by Crippen LogP contribution is -2.33. The van der Waals surface area contributed by atoms with E-state index in [-0.39, 0.29) is 6.04 Å². The van der Waals surface area contributed by atoms with Gasteiger partial charge in [0.15, 0.2) is 0 Å². The van der Waals surface area contributed by atoms with Gasteiger partial charge < -0.3 is 14.6 Å². The van der Waals surface area contributed by atoms with Crippen molar-refractivity contribution in [3.8, 4) is 0 Å². The highest BCUT2D eigenvalue weighted by atomic mass is 16.4. The van der Waals surface area contributed by atoms with Gasteiger partial charge in [0.05, 0.1) is 6.04 Å². The number of piperidine rings is 1. The van der Waals surface area contributed by atoms with E-state index in [1.54, 1.807) is 0 Å². The van der Waals surface area contributed by atoms with Crippen LogP contribution in [0.15, 0.2) is 4.42 Å². The molecular formula is C15H28N4O. The summed E-state index contributed by atoms with van der Waals surface area (Å²) in [5, 5.41) is 11.8. The molecule has 1 saturated heterocycles. The number of anilines is 1. The Hall–Kier alpha value is -1.10. The summed E-state index contributed by atoms with van der Waals surface area (Å²) in [6.07, 6.45) is 6.23.